The number of rotatable bonds is 8. The third-order valence-electron chi connectivity index (χ3n) is 5.31. The zero-order valence-electron chi connectivity index (χ0n) is 16.8. The molecule has 1 saturated carbocycles. The second-order valence-electron chi connectivity index (χ2n) is 7.62. The Morgan fingerprint density at radius 1 is 0.967 bits per heavy atom. The monoisotopic (exact) mass is 399 g/mol. The highest BCUT2D eigenvalue weighted by Crippen LogP contribution is 2.30. The maximum absolute atomic E-state index is 13.3. The maximum Gasteiger partial charge on any atom is 0.251 e. The first-order valence-corrected chi connectivity index (χ1v) is 10.3. The number of nitrogens with one attached hydrogen (secondary N) is 1. The molecule has 3 aromatic rings. The van der Waals surface area contributed by atoms with Crippen molar-refractivity contribution in [2.75, 3.05) is 0 Å². The molecule has 0 radical (unpaired) electrons. The average Bonchev–Trinajstić information content (AvgIpc) is 3.64. The lowest BCUT2D eigenvalue weighted by Crippen LogP contribution is -2.37. The van der Waals surface area contributed by atoms with Gasteiger partial charge < -0.3 is 10.2 Å². The molecule has 152 valence electrons. The van der Waals surface area contributed by atoms with Crippen LogP contribution in [0, 0.1) is 0 Å². The Hall–Kier alpha value is -3.47. The van der Waals surface area contributed by atoms with Gasteiger partial charge >= 0.3 is 0 Å². The minimum absolute atomic E-state index is 0.0450. The van der Waals surface area contributed by atoms with Gasteiger partial charge in [-0.25, -0.2) is 0 Å². The van der Waals surface area contributed by atoms with E-state index in [2.05, 4.69) is 10.3 Å². The van der Waals surface area contributed by atoms with Gasteiger partial charge in [0.2, 0.25) is 5.91 Å². The van der Waals surface area contributed by atoms with Gasteiger partial charge in [-0.2, -0.15) is 0 Å². The molecule has 5 heteroatoms. The second-order valence-corrected chi connectivity index (χ2v) is 7.62. The first kappa shape index (κ1) is 19.8. The number of carbonyl (C=O) groups is 2. The molecule has 0 unspecified atom stereocenters. The van der Waals surface area contributed by atoms with E-state index in [1.165, 1.54) is 0 Å². The predicted octanol–water partition coefficient (Wildman–Crippen LogP) is 4.13. The molecule has 1 aliphatic rings. The summed E-state index contributed by atoms with van der Waals surface area (Å²) in [4.78, 5) is 32.2. The van der Waals surface area contributed by atoms with E-state index in [4.69, 9.17) is 0 Å². The molecule has 1 atom stereocenters. The second kappa shape index (κ2) is 9.35. The van der Waals surface area contributed by atoms with Crippen LogP contribution in [0.1, 0.15) is 46.8 Å². The molecule has 0 aliphatic heterocycles. The Labute approximate surface area is 176 Å². The number of hydrogen-bond donors (Lipinski definition) is 1. The molecule has 2 amide bonds. The van der Waals surface area contributed by atoms with Crippen molar-refractivity contribution in [1.29, 1.82) is 0 Å². The molecular weight excluding hydrogens is 374 g/mol. The molecular formula is C25H25N3O2. The molecule has 1 fully saturated rings. The van der Waals surface area contributed by atoms with Gasteiger partial charge in [-0.15, -0.1) is 0 Å². The third kappa shape index (κ3) is 5.11. The summed E-state index contributed by atoms with van der Waals surface area (Å²) in [6.45, 7) is 0.547. The minimum atomic E-state index is -0.387. The molecule has 5 nitrogen and oxygen atoms in total. The Bertz CT molecular complexity index is 973. The summed E-state index contributed by atoms with van der Waals surface area (Å²) in [5.41, 5.74) is 2.52. The van der Waals surface area contributed by atoms with E-state index < -0.39 is 0 Å². The lowest BCUT2D eigenvalue weighted by molar-refractivity contribution is -0.133. The summed E-state index contributed by atoms with van der Waals surface area (Å²) in [6, 6.07) is 22.5. The van der Waals surface area contributed by atoms with Gasteiger partial charge in [0.1, 0.15) is 0 Å². The zero-order chi connectivity index (χ0) is 20.8. The number of aromatic nitrogens is 1. The van der Waals surface area contributed by atoms with Crippen LogP contribution in [-0.2, 0) is 11.3 Å². The summed E-state index contributed by atoms with van der Waals surface area (Å²) in [7, 11) is 0. The van der Waals surface area contributed by atoms with Crippen LogP contribution in [0.25, 0.3) is 0 Å². The highest BCUT2D eigenvalue weighted by atomic mass is 16.2. The molecule has 0 saturated heterocycles. The van der Waals surface area contributed by atoms with Crippen LogP contribution >= 0.6 is 0 Å². The Kier molecular flexibility index (Phi) is 6.18. The zero-order valence-corrected chi connectivity index (χ0v) is 16.8. The quantitative estimate of drug-likeness (QED) is 0.619. The van der Waals surface area contributed by atoms with Gasteiger partial charge in [0.25, 0.3) is 5.91 Å². The van der Waals surface area contributed by atoms with Crippen LogP contribution in [0.5, 0.6) is 0 Å². The van der Waals surface area contributed by atoms with Crippen molar-refractivity contribution < 1.29 is 9.59 Å². The van der Waals surface area contributed by atoms with Crippen molar-refractivity contribution in [3.8, 4) is 0 Å². The number of benzene rings is 2. The van der Waals surface area contributed by atoms with Crippen molar-refractivity contribution in [2.45, 2.75) is 37.9 Å². The van der Waals surface area contributed by atoms with E-state index in [1.807, 2.05) is 65.6 Å². The number of amides is 2. The van der Waals surface area contributed by atoms with E-state index in [-0.39, 0.29) is 30.3 Å². The molecule has 1 aliphatic carbocycles. The number of nitrogens with zero attached hydrogens (tertiary/aromatic N) is 2. The summed E-state index contributed by atoms with van der Waals surface area (Å²) >= 11 is 0. The van der Waals surface area contributed by atoms with E-state index >= 15 is 0 Å². The lowest BCUT2D eigenvalue weighted by atomic mass is 10.0. The first-order valence-electron chi connectivity index (χ1n) is 10.3. The van der Waals surface area contributed by atoms with E-state index in [0.29, 0.717) is 12.1 Å². The van der Waals surface area contributed by atoms with E-state index in [9.17, 15) is 9.59 Å². The molecule has 0 bridgehead atoms. The van der Waals surface area contributed by atoms with Crippen LogP contribution in [0.4, 0.5) is 0 Å². The fourth-order valence-corrected chi connectivity index (χ4v) is 3.56. The van der Waals surface area contributed by atoms with E-state index in [0.717, 1.165) is 24.0 Å². The number of hydrogen-bond acceptors (Lipinski definition) is 3. The first-order chi connectivity index (χ1) is 14.7. The molecule has 4 rings (SSSR count). The predicted molar refractivity (Wildman–Crippen MR) is 116 cm³/mol. The molecule has 1 aromatic heterocycles. The molecule has 1 N–H and O–H groups in total. The summed E-state index contributed by atoms with van der Waals surface area (Å²) < 4.78 is 0. The average molecular weight is 399 g/mol. The SMILES string of the molecule is O=C(N[C@H](CC(=O)N(Cc1cccnc1)C1CC1)c1ccccc1)c1ccccc1. The Morgan fingerprint density at radius 2 is 1.67 bits per heavy atom. The van der Waals surface area contributed by atoms with Crippen LogP contribution in [-0.4, -0.2) is 27.7 Å². The van der Waals surface area contributed by atoms with Crippen molar-refractivity contribution in [1.82, 2.24) is 15.2 Å². The van der Waals surface area contributed by atoms with Crippen molar-refractivity contribution >= 4 is 11.8 Å². The Balaban J connectivity index is 1.51. The van der Waals surface area contributed by atoms with Crippen LogP contribution in [0.3, 0.4) is 0 Å². The normalized spacial score (nSPS) is 14.0. The van der Waals surface area contributed by atoms with Gasteiger partial charge in [-0.3, -0.25) is 14.6 Å². The highest BCUT2D eigenvalue weighted by molar-refractivity contribution is 5.94. The van der Waals surface area contributed by atoms with Gasteiger partial charge in [0.05, 0.1) is 12.5 Å². The largest absolute Gasteiger partial charge is 0.345 e. The Morgan fingerprint density at radius 3 is 2.30 bits per heavy atom. The fourth-order valence-electron chi connectivity index (χ4n) is 3.56. The van der Waals surface area contributed by atoms with Crippen molar-refractivity contribution in [3.63, 3.8) is 0 Å². The smallest absolute Gasteiger partial charge is 0.251 e. The van der Waals surface area contributed by atoms with Gasteiger partial charge in [0.15, 0.2) is 0 Å². The molecule has 1 heterocycles. The lowest BCUT2D eigenvalue weighted by Gasteiger charge is -2.26. The molecule has 0 spiro atoms. The summed E-state index contributed by atoms with van der Waals surface area (Å²) in [5.74, 6) is -0.133. The van der Waals surface area contributed by atoms with Crippen molar-refractivity contribution in [3.05, 3.63) is 102 Å². The fraction of sp³-hybridized carbons (Fsp3) is 0.240. The standard InChI is InChI=1S/C25H25N3O2/c29-24(28(22-13-14-22)18-19-8-7-15-26-17-19)16-23(20-9-3-1-4-10-20)27-25(30)21-11-5-2-6-12-21/h1-12,15,17,22-23H,13-14,16,18H2,(H,27,30)/t23-/m1/s1. The maximum atomic E-state index is 13.3. The minimum Gasteiger partial charge on any atom is -0.345 e. The molecule has 30 heavy (non-hydrogen) atoms. The number of pyridine rings is 1. The van der Waals surface area contributed by atoms with Crippen LogP contribution in [0.2, 0.25) is 0 Å². The highest BCUT2D eigenvalue weighted by Gasteiger charge is 2.34. The van der Waals surface area contributed by atoms with Crippen molar-refractivity contribution in [2.24, 2.45) is 0 Å². The van der Waals surface area contributed by atoms with Gasteiger partial charge in [-0.1, -0.05) is 54.6 Å². The van der Waals surface area contributed by atoms with E-state index in [1.54, 1.807) is 24.5 Å². The van der Waals surface area contributed by atoms with Gasteiger partial charge in [-0.05, 0) is 42.2 Å². The van der Waals surface area contributed by atoms with Gasteiger partial charge in [0, 0.05) is 30.5 Å². The topological polar surface area (TPSA) is 62.3 Å². The molecule has 2 aromatic carbocycles. The van der Waals surface area contributed by atoms with Crippen LogP contribution < -0.4 is 5.32 Å². The van der Waals surface area contributed by atoms with Crippen LogP contribution in [0.15, 0.2) is 85.2 Å². The third-order valence-corrected chi connectivity index (χ3v) is 5.31. The number of carbonyl (C=O) groups excluding carboxylic acids is 2. The summed E-state index contributed by atoms with van der Waals surface area (Å²) in [5, 5.41) is 3.06. The summed E-state index contributed by atoms with van der Waals surface area (Å²) in [6.07, 6.45) is 5.81.